The van der Waals surface area contributed by atoms with Gasteiger partial charge >= 0.3 is 0 Å². The first-order valence-electron chi connectivity index (χ1n) is 10.4. The highest BCUT2D eigenvalue weighted by atomic mass is 16.5. The third-order valence-electron chi connectivity index (χ3n) is 5.31. The number of amides is 2. The molecule has 0 bridgehead atoms. The van der Waals surface area contributed by atoms with E-state index in [1.807, 2.05) is 67.3 Å². The highest BCUT2D eigenvalue weighted by Crippen LogP contribution is 2.17. The topological polar surface area (TPSA) is 58.6 Å². The molecule has 2 aromatic rings. The molecule has 0 aliphatic carbocycles. The Morgan fingerprint density at radius 1 is 1.07 bits per heavy atom. The van der Waals surface area contributed by atoms with Crippen LogP contribution in [0.3, 0.4) is 0 Å². The maximum atomic E-state index is 12.6. The summed E-state index contributed by atoms with van der Waals surface area (Å²) >= 11 is 0. The molecule has 5 heteroatoms. The summed E-state index contributed by atoms with van der Waals surface area (Å²) < 4.78 is 5.74. The van der Waals surface area contributed by atoms with Gasteiger partial charge in [0.25, 0.3) is 5.91 Å². The van der Waals surface area contributed by atoms with Gasteiger partial charge in [0.05, 0.1) is 6.61 Å². The van der Waals surface area contributed by atoms with E-state index in [1.165, 1.54) is 0 Å². The SMILES string of the molecule is Cc1cccc(C(=O)N2CCC(NC(=O)CCCOc3ccccc3C)CC2)c1. The van der Waals surface area contributed by atoms with Crippen molar-refractivity contribution in [1.29, 1.82) is 0 Å². The summed E-state index contributed by atoms with van der Waals surface area (Å²) in [5.41, 5.74) is 2.93. The van der Waals surface area contributed by atoms with Crippen LogP contribution in [-0.2, 0) is 4.79 Å². The van der Waals surface area contributed by atoms with Crippen molar-refractivity contribution in [1.82, 2.24) is 10.2 Å². The van der Waals surface area contributed by atoms with Crippen LogP contribution in [0.25, 0.3) is 0 Å². The van der Waals surface area contributed by atoms with Gasteiger partial charge in [-0.1, -0.05) is 35.9 Å². The van der Waals surface area contributed by atoms with Crippen molar-refractivity contribution >= 4 is 11.8 Å². The lowest BCUT2D eigenvalue weighted by atomic mass is 10.0. The maximum Gasteiger partial charge on any atom is 0.253 e. The second-order valence-electron chi connectivity index (χ2n) is 7.72. The van der Waals surface area contributed by atoms with E-state index in [0.29, 0.717) is 32.5 Å². The second-order valence-corrected chi connectivity index (χ2v) is 7.72. The molecule has 0 spiro atoms. The Balaban J connectivity index is 1.35. The molecule has 154 valence electrons. The van der Waals surface area contributed by atoms with Crippen LogP contribution in [0, 0.1) is 13.8 Å². The van der Waals surface area contributed by atoms with Crippen molar-refractivity contribution < 1.29 is 14.3 Å². The number of nitrogens with one attached hydrogen (secondary N) is 1. The summed E-state index contributed by atoms with van der Waals surface area (Å²) in [5.74, 6) is 1.01. The molecule has 0 atom stereocenters. The van der Waals surface area contributed by atoms with E-state index < -0.39 is 0 Å². The van der Waals surface area contributed by atoms with E-state index in [1.54, 1.807) is 0 Å². The van der Waals surface area contributed by atoms with Crippen LogP contribution in [0.4, 0.5) is 0 Å². The molecule has 5 nitrogen and oxygen atoms in total. The number of hydrogen-bond acceptors (Lipinski definition) is 3. The smallest absolute Gasteiger partial charge is 0.253 e. The molecule has 1 saturated heterocycles. The van der Waals surface area contributed by atoms with E-state index in [9.17, 15) is 9.59 Å². The number of ether oxygens (including phenoxy) is 1. The van der Waals surface area contributed by atoms with Crippen molar-refractivity contribution in [3.05, 3.63) is 65.2 Å². The summed E-state index contributed by atoms with van der Waals surface area (Å²) in [6.07, 6.45) is 2.73. The van der Waals surface area contributed by atoms with Crippen LogP contribution in [0.5, 0.6) is 5.75 Å². The zero-order chi connectivity index (χ0) is 20.6. The lowest BCUT2D eigenvalue weighted by molar-refractivity contribution is -0.122. The summed E-state index contributed by atoms with van der Waals surface area (Å²) in [7, 11) is 0. The number of nitrogens with zero attached hydrogens (tertiary/aromatic N) is 1. The minimum Gasteiger partial charge on any atom is -0.493 e. The fourth-order valence-electron chi connectivity index (χ4n) is 3.62. The largest absolute Gasteiger partial charge is 0.493 e. The van der Waals surface area contributed by atoms with Crippen LogP contribution in [0.2, 0.25) is 0 Å². The fourth-order valence-corrected chi connectivity index (χ4v) is 3.62. The van der Waals surface area contributed by atoms with Gasteiger partial charge < -0.3 is 15.0 Å². The molecule has 1 fully saturated rings. The van der Waals surface area contributed by atoms with Crippen molar-refractivity contribution in [2.45, 2.75) is 45.6 Å². The van der Waals surface area contributed by atoms with Gasteiger partial charge in [0.2, 0.25) is 5.91 Å². The van der Waals surface area contributed by atoms with Gasteiger partial charge in [-0.25, -0.2) is 0 Å². The number of rotatable bonds is 7. The number of likely N-dealkylation sites (tertiary alicyclic amines) is 1. The van der Waals surface area contributed by atoms with Gasteiger partial charge in [0.15, 0.2) is 0 Å². The third-order valence-corrected chi connectivity index (χ3v) is 5.31. The Morgan fingerprint density at radius 3 is 2.55 bits per heavy atom. The molecular formula is C24H30N2O3. The van der Waals surface area contributed by atoms with E-state index >= 15 is 0 Å². The average Bonchev–Trinajstić information content (AvgIpc) is 2.72. The number of para-hydroxylation sites is 1. The number of piperidine rings is 1. The molecule has 1 heterocycles. The van der Waals surface area contributed by atoms with E-state index in [2.05, 4.69) is 5.32 Å². The van der Waals surface area contributed by atoms with Gasteiger partial charge in [-0.3, -0.25) is 9.59 Å². The molecule has 0 aromatic heterocycles. The Kier molecular flexibility index (Phi) is 7.28. The molecule has 0 radical (unpaired) electrons. The molecule has 29 heavy (non-hydrogen) atoms. The standard InChI is InChI=1S/C24H30N2O3/c1-18-7-5-9-20(17-18)24(28)26-14-12-21(13-15-26)25-23(27)11-6-16-29-22-10-4-3-8-19(22)2/h3-5,7-10,17,21H,6,11-16H2,1-2H3,(H,25,27). The molecule has 1 N–H and O–H groups in total. The van der Waals surface area contributed by atoms with Crippen molar-refractivity contribution in [2.75, 3.05) is 19.7 Å². The number of carbonyl (C=O) groups is 2. The minimum absolute atomic E-state index is 0.0573. The Labute approximate surface area is 173 Å². The molecule has 2 amide bonds. The molecular weight excluding hydrogens is 364 g/mol. The first-order valence-corrected chi connectivity index (χ1v) is 10.4. The maximum absolute atomic E-state index is 12.6. The molecule has 3 rings (SSSR count). The first kappa shape index (κ1) is 20.9. The van der Waals surface area contributed by atoms with Crippen LogP contribution >= 0.6 is 0 Å². The summed E-state index contributed by atoms with van der Waals surface area (Å²) in [4.78, 5) is 26.7. The molecule has 0 saturated carbocycles. The predicted octanol–water partition coefficient (Wildman–Crippen LogP) is 3.88. The van der Waals surface area contributed by atoms with Gasteiger partial charge in [-0.05, 0) is 56.9 Å². The predicted molar refractivity (Wildman–Crippen MR) is 114 cm³/mol. The highest BCUT2D eigenvalue weighted by molar-refractivity contribution is 5.94. The van der Waals surface area contributed by atoms with Gasteiger partial charge in [-0.15, -0.1) is 0 Å². The summed E-state index contributed by atoms with van der Waals surface area (Å²) in [6, 6.07) is 15.7. The van der Waals surface area contributed by atoms with E-state index in [0.717, 1.165) is 35.3 Å². The van der Waals surface area contributed by atoms with E-state index in [-0.39, 0.29) is 17.9 Å². The van der Waals surface area contributed by atoms with Crippen molar-refractivity contribution in [3.63, 3.8) is 0 Å². The van der Waals surface area contributed by atoms with Gasteiger partial charge in [0, 0.05) is 31.1 Å². The molecule has 1 aliphatic heterocycles. The van der Waals surface area contributed by atoms with Gasteiger partial charge in [-0.2, -0.15) is 0 Å². The minimum atomic E-state index is 0.0573. The average molecular weight is 395 g/mol. The second kappa shape index (κ2) is 10.1. The molecule has 1 aliphatic rings. The number of aryl methyl sites for hydroxylation is 2. The Hall–Kier alpha value is -2.82. The van der Waals surface area contributed by atoms with Crippen LogP contribution in [0.1, 0.15) is 47.2 Å². The molecule has 2 aromatic carbocycles. The first-order chi connectivity index (χ1) is 14.0. The normalized spacial score (nSPS) is 14.5. The summed E-state index contributed by atoms with van der Waals surface area (Å²) in [5, 5.41) is 3.10. The Morgan fingerprint density at radius 2 is 1.83 bits per heavy atom. The molecule has 0 unspecified atom stereocenters. The summed E-state index contributed by atoms with van der Waals surface area (Å²) in [6.45, 7) is 5.88. The lowest BCUT2D eigenvalue weighted by Gasteiger charge is -2.32. The van der Waals surface area contributed by atoms with Gasteiger partial charge in [0.1, 0.15) is 5.75 Å². The Bertz CT molecular complexity index is 842. The number of carbonyl (C=O) groups excluding carboxylic acids is 2. The van der Waals surface area contributed by atoms with Crippen molar-refractivity contribution in [2.24, 2.45) is 0 Å². The number of hydrogen-bond donors (Lipinski definition) is 1. The van der Waals surface area contributed by atoms with Crippen molar-refractivity contribution in [3.8, 4) is 5.75 Å². The zero-order valence-electron chi connectivity index (χ0n) is 17.3. The highest BCUT2D eigenvalue weighted by Gasteiger charge is 2.24. The van der Waals surface area contributed by atoms with E-state index in [4.69, 9.17) is 4.74 Å². The lowest BCUT2D eigenvalue weighted by Crippen LogP contribution is -2.46. The third kappa shape index (κ3) is 6.08. The van der Waals surface area contributed by atoms with Crippen LogP contribution < -0.4 is 10.1 Å². The van der Waals surface area contributed by atoms with Crippen LogP contribution in [-0.4, -0.2) is 42.5 Å². The number of benzene rings is 2. The zero-order valence-corrected chi connectivity index (χ0v) is 17.3. The van der Waals surface area contributed by atoms with Crippen LogP contribution in [0.15, 0.2) is 48.5 Å². The monoisotopic (exact) mass is 394 g/mol. The fraction of sp³-hybridized carbons (Fsp3) is 0.417. The quantitative estimate of drug-likeness (QED) is 0.725.